The predicted molar refractivity (Wildman–Crippen MR) is 76.7 cm³/mol. The SMILES string of the molecule is O=C1CCOc2cccc(OCCCN3CCCC3)c21. The van der Waals surface area contributed by atoms with Gasteiger partial charge in [-0.25, -0.2) is 0 Å². The summed E-state index contributed by atoms with van der Waals surface area (Å²) in [6, 6.07) is 5.58. The zero-order chi connectivity index (χ0) is 13.8. The summed E-state index contributed by atoms with van der Waals surface area (Å²) in [5, 5.41) is 0. The Bertz CT molecular complexity index is 481. The standard InChI is InChI=1S/C16H21NO3/c18-13-7-12-20-15-6-3-5-14(16(13)15)19-11-4-10-17-8-1-2-9-17/h3,5-6H,1-2,4,7-12H2. The lowest BCUT2D eigenvalue weighted by Crippen LogP contribution is -2.22. The van der Waals surface area contributed by atoms with Gasteiger partial charge in [-0.3, -0.25) is 4.79 Å². The molecule has 0 aromatic heterocycles. The number of benzene rings is 1. The van der Waals surface area contributed by atoms with Crippen LogP contribution < -0.4 is 9.47 Å². The normalized spacial score (nSPS) is 18.7. The van der Waals surface area contributed by atoms with Gasteiger partial charge in [0.1, 0.15) is 17.1 Å². The number of fused-ring (bicyclic) bond motifs is 1. The second-order valence-corrected chi connectivity index (χ2v) is 5.40. The van der Waals surface area contributed by atoms with Crippen molar-refractivity contribution in [3.8, 4) is 11.5 Å². The van der Waals surface area contributed by atoms with Crippen molar-refractivity contribution in [2.75, 3.05) is 32.8 Å². The summed E-state index contributed by atoms with van der Waals surface area (Å²) in [5.74, 6) is 1.47. The summed E-state index contributed by atoms with van der Waals surface area (Å²) in [4.78, 5) is 14.5. The fraction of sp³-hybridized carbons (Fsp3) is 0.562. The van der Waals surface area contributed by atoms with Gasteiger partial charge in [-0.05, 0) is 44.5 Å². The third-order valence-electron chi connectivity index (χ3n) is 3.93. The molecule has 1 aromatic carbocycles. The van der Waals surface area contributed by atoms with E-state index in [4.69, 9.17) is 9.47 Å². The summed E-state index contributed by atoms with van der Waals surface area (Å²) in [7, 11) is 0. The molecule has 1 fully saturated rings. The number of carbonyl (C=O) groups excluding carboxylic acids is 1. The summed E-state index contributed by atoms with van der Waals surface area (Å²) >= 11 is 0. The highest BCUT2D eigenvalue weighted by Gasteiger charge is 2.22. The molecule has 3 rings (SSSR count). The van der Waals surface area contributed by atoms with Crippen LogP contribution in [0.1, 0.15) is 36.0 Å². The van der Waals surface area contributed by atoms with Crippen LogP contribution in [0, 0.1) is 0 Å². The van der Waals surface area contributed by atoms with Crippen molar-refractivity contribution in [2.24, 2.45) is 0 Å². The lowest BCUT2D eigenvalue weighted by molar-refractivity contribution is 0.0927. The van der Waals surface area contributed by atoms with Gasteiger partial charge >= 0.3 is 0 Å². The molecule has 20 heavy (non-hydrogen) atoms. The van der Waals surface area contributed by atoms with Gasteiger partial charge in [0.15, 0.2) is 5.78 Å². The van der Waals surface area contributed by atoms with Crippen molar-refractivity contribution >= 4 is 5.78 Å². The number of rotatable bonds is 5. The largest absolute Gasteiger partial charge is 0.493 e. The Morgan fingerprint density at radius 3 is 2.95 bits per heavy atom. The summed E-state index contributed by atoms with van der Waals surface area (Å²) in [6.45, 7) is 4.64. The van der Waals surface area contributed by atoms with E-state index in [0.29, 0.717) is 36.7 Å². The fourth-order valence-corrected chi connectivity index (χ4v) is 2.88. The number of ether oxygens (including phenoxy) is 2. The van der Waals surface area contributed by atoms with E-state index >= 15 is 0 Å². The minimum atomic E-state index is 0.126. The Labute approximate surface area is 119 Å². The Balaban J connectivity index is 1.56. The van der Waals surface area contributed by atoms with E-state index in [2.05, 4.69) is 4.90 Å². The first-order valence-corrected chi connectivity index (χ1v) is 7.49. The van der Waals surface area contributed by atoms with Crippen LogP contribution in [0.3, 0.4) is 0 Å². The molecule has 1 saturated heterocycles. The van der Waals surface area contributed by atoms with Crippen LogP contribution in [0.15, 0.2) is 18.2 Å². The first-order valence-electron chi connectivity index (χ1n) is 7.49. The second-order valence-electron chi connectivity index (χ2n) is 5.40. The number of carbonyl (C=O) groups is 1. The van der Waals surface area contributed by atoms with Crippen molar-refractivity contribution in [3.05, 3.63) is 23.8 Å². The number of ketones is 1. The third-order valence-corrected chi connectivity index (χ3v) is 3.93. The first kappa shape index (κ1) is 13.4. The maximum atomic E-state index is 12.0. The summed E-state index contributed by atoms with van der Waals surface area (Å²) in [5.41, 5.74) is 0.625. The maximum Gasteiger partial charge on any atom is 0.173 e. The Hall–Kier alpha value is -1.55. The molecule has 4 heteroatoms. The average Bonchev–Trinajstić information content (AvgIpc) is 2.97. The fourth-order valence-electron chi connectivity index (χ4n) is 2.88. The molecule has 0 saturated carbocycles. The molecule has 0 N–H and O–H groups in total. The van der Waals surface area contributed by atoms with Gasteiger partial charge in [0.2, 0.25) is 0 Å². The van der Waals surface area contributed by atoms with Crippen LogP contribution in [0.4, 0.5) is 0 Å². The number of Topliss-reactive ketones (excluding diaryl/α,β-unsaturated/α-hetero) is 1. The van der Waals surface area contributed by atoms with Crippen LogP contribution in [0.2, 0.25) is 0 Å². The number of hydrogen-bond donors (Lipinski definition) is 0. The number of nitrogens with zero attached hydrogens (tertiary/aromatic N) is 1. The van der Waals surface area contributed by atoms with E-state index in [-0.39, 0.29) is 5.78 Å². The zero-order valence-electron chi connectivity index (χ0n) is 11.8. The molecule has 2 heterocycles. The van der Waals surface area contributed by atoms with Crippen LogP contribution in [0.25, 0.3) is 0 Å². The highest BCUT2D eigenvalue weighted by atomic mass is 16.5. The molecule has 2 aliphatic rings. The summed E-state index contributed by atoms with van der Waals surface area (Å²) < 4.78 is 11.3. The van der Waals surface area contributed by atoms with Crippen LogP contribution >= 0.6 is 0 Å². The minimum absolute atomic E-state index is 0.126. The van der Waals surface area contributed by atoms with E-state index in [9.17, 15) is 4.79 Å². The summed E-state index contributed by atoms with van der Waals surface area (Å²) in [6.07, 6.45) is 4.08. The quantitative estimate of drug-likeness (QED) is 0.774. The molecule has 1 aromatic rings. The predicted octanol–water partition coefficient (Wildman–Crippen LogP) is 2.52. The van der Waals surface area contributed by atoms with E-state index in [1.807, 2.05) is 18.2 Å². The van der Waals surface area contributed by atoms with Gasteiger partial charge in [0.25, 0.3) is 0 Å². The van der Waals surface area contributed by atoms with Crippen molar-refractivity contribution in [3.63, 3.8) is 0 Å². The lowest BCUT2D eigenvalue weighted by Gasteiger charge is -2.20. The van der Waals surface area contributed by atoms with E-state index in [1.54, 1.807) is 0 Å². The van der Waals surface area contributed by atoms with E-state index < -0.39 is 0 Å². The molecule has 0 amide bonds. The molecule has 0 spiro atoms. The van der Waals surface area contributed by atoms with Crippen LogP contribution in [-0.4, -0.2) is 43.5 Å². The van der Waals surface area contributed by atoms with Gasteiger partial charge in [-0.15, -0.1) is 0 Å². The zero-order valence-corrected chi connectivity index (χ0v) is 11.8. The minimum Gasteiger partial charge on any atom is -0.493 e. The smallest absolute Gasteiger partial charge is 0.173 e. The first-order chi connectivity index (χ1) is 9.84. The van der Waals surface area contributed by atoms with Gasteiger partial charge in [-0.1, -0.05) is 6.07 Å². The van der Waals surface area contributed by atoms with Gasteiger partial charge in [0.05, 0.1) is 13.2 Å². The molecular formula is C16H21NO3. The highest BCUT2D eigenvalue weighted by molar-refractivity contribution is 6.02. The number of hydrogen-bond acceptors (Lipinski definition) is 4. The van der Waals surface area contributed by atoms with Crippen molar-refractivity contribution < 1.29 is 14.3 Å². The maximum absolute atomic E-state index is 12.0. The molecule has 0 unspecified atom stereocenters. The number of likely N-dealkylation sites (tertiary alicyclic amines) is 1. The van der Waals surface area contributed by atoms with Gasteiger partial charge in [-0.2, -0.15) is 0 Å². The second kappa shape index (κ2) is 6.27. The van der Waals surface area contributed by atoms with Gasteiger partial charge in [0, 0.05) is 13.0 Å². The Morgan fingerprint density at radius 2 is 2.10 bits per heavy atom. The molecule has 0 radical (unpaired) electrons. The average molecular weight is 275 g/mol. The molecule has 0 aliphatic carbocycles. The lowest BCUT2D eigenvalue weighted by atomic mass is 10.0. The van der Waals surface area contributed by atoms with E-state index in [0.717, 1.165) is 13.0 Å². The van der Waals surface area contributed by atoms with E-state index in [1.165, 1.54) is 25.9 Å². The Kier molecular flexibility index (Phi) is 4.21. The molecule has 4 nitrogen and oxygen atoms in total. The van der Waals surface area contributed by atoms with Crippen LogP contribution in [-0.2, 0) is 0 Å². The molecule has 0 atom stereocenters. The van der Waals surface area contributed by atoms with Crippen molar-refractivity contribution in [1.82, 2.24) is 4.90 Å². The van der Waals surface area contributed by atoms with Crippen molar-refractivity contribution in [1.29, 1.82) is 0 Å². The Morgan fingerprint density at radius 1 is 1.25 bits per heavy atom. The van der Waals surface area contributed by atoms with Crippen molar-refractivity contribution in [2.45, 2.75) is 25.7 Å². The third kappa shape index (κ3) is 2.96. The topological polar surface area (TPSA) is 38.8 Å². The highest BCUT2D eigenvalue weighted by Crippen LogP contribution is 2.32. The molecule has 2 aliphatic heterocycles. The monoisotopic (exact) mass is 275 g/mol. The van der Waals surface area contributed by atoms with Gasteiger partial charge < -0.3 is 14.4 Å². The molecule has 0 bridgehead atoms. The molecular weight excluding hydrogens is 254 g/mol. The van der Waals surface area contributed by atoms with Crippen LogP contribution in [0.5, 0.6) is 11.5 Å². The molecule has 108 valence electrons.